The Morgan fingerprint density at radius 1 is 1.30 bits per heavy atom. The molecule has 0 radical (unpaired) electrons. The van der Waals surface area contributed by atoms with E-state index in [0.29, 0.717) is 11.3 Å². The minimum absolute atomic E-state index is 0.0887. The SMILES string of the molecule is Cc1cc([C@@H](C)O)ccc1OCc1cccc(F)c1Cl. The van der Waals surface area contributed by atoms with Crippen LogP contribution in [-0.4, -0.2) is 5.11 Å². The molecule has 4 heteroatoms. The molecule has 0 aliphatic heterocycles. The van der Waals surface area contributed by atoms with Crippen LogP contribution in [0.3, 0.4) is 0 Å². The van der Waals surface area contributed by atoms with E-state index in [1.807, 2.05) is 13.0 Å². The Bertz CT molecular complexity index is 611. The van der Waals surface area contributed by atoms with Gasteiger partial charge in [0, 0.05) is 5.56 Å². The molecule has 0 saturated carbocycles. The van der Waals surface area contributed by atoms with E-state index in [2.05, 4.69) is 0 Å². The molecule has 0 unspecified atom stereocenters. The van der Waals surface area contributed by atoms with Crippen LogP contribution in [0.25, 0.3) is 0 Å². The van der Waals surface area contributed by atoms with Crippen molar-refractivity contribution < 1.29 is 14.2 Å². The first kappa shape index (κ1) is 14.8. The van der Waals surface area contributed by atoms with Gasteiger partial charge in [-0.05, 0) is 43.2 Å². The summed E-state index contributed by atoms with van der Waals surface area (Å²) >= 11 is 5.88. The van der Waals surface area contributed by atoms with Crippen LogP contribution in [0.2, 0.25) is 5.02 Å². The molecule has 20 heavy (non-hydrogen) atoms. The summed E-state index contributed by atoms with van der Waals surface area (Å²) in [6, 6.07) is 10.1. The van der Waals surface area contributed by atoms with E-state index in [9.17, 15) is 9.50 Å². The molecule has 0 amide bonds. The first-order valence-electron chi connectivity index (χ1n) is 6.33. The maximum atomic E-state index is 13.3. The van der Waals surface area contributed by atoms with Crippen LogP contribution in [-0.2, 0) is 6.61 Å². The third-order valence-electron chi connectivity index (χ3n) is 3.10. The highest BCUT2D eigenvalue weighted by Crippen LogP contribution is 2.25. The highest BCUT2D eigenvalue weighted by molar-refractivity contribution is 6.31. The van der Waals surface area contributed by atoms with E-state index >= 15 is 0 Å². The first-order chi connectivity index (χ1) is 9.49. The standard InChI is InChI=1S/C16H16ClFO2/c1-10-8-12(11(2)19)6-7-15(10)20-9-13-4-3-5-14(18)16(13)17/h3-8,11,19H,9H2,1-2H3/t11-/m1/s1. The molecule has 0 aromatic heterocycles. The lowest BCUT2D eigenvalue weighted by Gasteiger charge is -2.12. The van der Waals surface area contributed by atoms with Crippen molar-refractivity contribution in [2.24, 2.45) is 0 Å². The van der Waals surface area contributed by atoms with Gasteiger partial charge in [0.05, 0.1) is 11.1 Å². The van der Waals surface area contributed by atoms with Crippen LogP contribution in [0.1, 0.15) is 29.7 Å². The Morgan fingerprint density at radius 3 is 2.70 bits per heavy atom. The Kier molecular flexibility index (Phi) is 4.63. The number of rotatable bonds is 4. The number of aliphatic hydroxyl groups is 1. The predicted molar refractivity (Wildman–Crippen MR) is 77.6 cm³/mol. The number of halogens is 2. The van der Waals surface area contributed by atoms with Crippen molar-refractivity contribution in [3.8, 4) is 5.75 Å². The van der Waals surface area contributed by atoms with Crippen LogP contribution < -0.4 is 4.74 Å². The maximum Gasteiger partial charge on any atom is 0.142 e. The molecule has 0 saturated heterocycles. The fourth-order valence-corrected chi connectivity index (χ4v) is 2.09. The average molecular weight is 295 g/mol. The predicted octanol–water partition coefficient (Wildman–Crippen LogP) is 4.42. The second-order valence-electron chi connectivity index (χ2n) is 4.70. The smallest absolute Gasteiger partial charge is 0.142 e. The van der Waals surface area contributed by atoms with Crippen LogP contribution >= 0.6 is 11.6 Å². The van der Waals surface area contributed by atoms with Gasteiger partial charge < -0.3 is 9.84 Å². The summed E-state index contributed by atoms with van der Waals surface area (Å²) in [6.45, 7) is 3.81. The zero-order chi connectivity index (χ0) is 14.7. The third kappa shape index (κ3) is 3.30. The van der Waals surface area contributed by atoms with Crippen LogP contribution in [0, 0.1) is 12.7 Å². The van der Waals surface area contributed by atoms with Gasteiger partial charge >= 0.3 is 0 Å². The molecule has 0 bridgehead atoms. The molecule has 0 heterocycles. The minimum atomic E-state index is -0.514. The minimum Gasteiger partial charge on any atom is -0.489 e. The van der Waals surface area contributed by atoms with Crippen molar-refractivity contribution in [3.05, 3.63) is 63.9 Å². The van der Waals surface area contributed by atoms with Gasteiger partial charge in [0.1, 0.15) is 18.2 Å². The molecular weight excluding hydrogens is 279 g/mol. The topological polar surface area (TPSA) is 29.5 Å². The van der Waals surface area contributed by atoms with Crippen molar-refractivity contribution in [1.82, 2.24) is 0 Å². The zero-order valence-electron chi connectivity index (χ0n) is 11.4. The molecule has 0 spiro atoms. The van der Waals surface area contributed by atoms with E-state index in [-0.39, 0.29) is 11.6 Å². The summed E-state index contributed by atoms with van der Waals surface area (Å²) < 4.78 is 19.0. The Morgan fingerprint density at radius 2 is 2.05 bits per heavy atom. The molecule has 2 rings (SSSR count). The van der Waals surface area contributed by atoms with E-state index < -0.39 is 11.9 Å². The molecule has 0 aliphatic carbocycles. The summed E-state index contributed by atoms with van der Waals surface area (Å²) in [5.41, 5.74) is 2.35. The van der Waals surface area contributed by atoms with Gasteiger partial charge in [0.15, 0.2) is 0 Å². The monoisotopic (exact) mass is 294 g/mol. The number of hydrogen-bond acceptors (Lipinski definition) is 2. The lowest BCUT2D eigenvalue weighted by atomic mass is 10.1. The van der Waals surface area contributed by atoms with Gasteiger partial charge in [0.2, 0.25) is 0 Å². The van der Waals surface area contributed by atoms with Gasteiger partial charge in [-0.15, -0.1) is 0 Å². The fraction of sp³-hybridized carbons (Fsp3) is 0.250. The number of hydrogen-bond donors (Lipinski definition) is 1. The summed E-state index contributed by atoms with van der Waals surface area (Å²) in [4.78, 5) is 0. The molecule has 0 fully saturated rings. The van der Waals surface area contributed by atoms with Crippen molar-refractivity contribution in [3.63, 3.8) is 0 Å². The average Bonchev–Trinajstić information content (AvgIpc) is 2.41. The van der Waals surface area contributed by atoms with E-state index in [1.54, 1.807) is 31.2 Å². The highest BCUT2D eigenvalue weighted by Gasteiger charge is 2.08. The first-order valence-corrected chi connectivity index (χ1v) is 6.71. The lowest BCUT2D eigenvalue weighted by Crippen LogP contribution is -2.00. The van der Waals surface area contributed by atoms with Gasteiger partial charge in [-0.2, -0.15) is 0 Å². The lowest BCUT2D eigenvalue weighted by molar-refractivity contribution is 0.199. The summed E-state index contributed by atoms with van der Waals surface area (Å²) in [5.74, 6) is 0.240. The molecule has 2 aromatic carbocycles. The fourth-order valence-electron chi connectivity index (χ4n) is 1.91. The van der Waals surface area contributed by atoms with Crippen molar-refractivity contribution in [1.29, 1.82) is 0 Å². The van der Waals surface area contributed by atoms with Crippen molar-refractivity contribution in [2.75, 3.05) is 0 Å². The molecule has 0 aliphatic rings. The molecule has 1 N–H and O–H groups in total. The van der Waals surface area contributed by atoms with E-state index in [1.165, 1.54) is 6.07 Å². The van der Waals surface area contributed by atoms with E-state index in [0.717, 1.165) is 11.1 Å². The van der Waals surface area contributed by atoms with Crippen LogP contribution in [0.4, 0.5) is 4.39 Å². The zero-order valence-corrected chi connectivity index (χ0v) is 12.1. The Labute approximate surface area is 122 Å². The number of ether oxygens (including phenoxy) is 1. The number of aryl methyl sites for hydroxylation is 1. The molecule has 106 valence electrons. The largest absolute Gasteiger partial charge is 0.489 e. The van der Waals surface area contributed by atoms with Crippen molar-refractivity contribution >= 4 is 11.6 Å². The van der Waals surface area contributed by atoms with Crippen molar-refractivity contribution in [2.45, 2.75) is 26.6 Å². The molecule has 1 atom stereocenters. The number of benzene rings is 2. The maximum absolute atomic E-state index is 13.3. The summed E-state index contributed by atoms with van der Waals surface area (Å²) in [7, 11) is 0. The van der Waals surface area contributed by atoms with Gasteiger partial charge in [0.25, 0.3) is 0 Å². The van der Waals surface area contributed by atoms with Gasteiger partial charge in [-0.1, -0.05) is 29.8 Å². The second kappa shape index (κ2) is 6.25. The Hall–Kier alpha value is -1.58. The van der Waals surface area contributed by atoms with Crippen LogP contribution in [0.5, 0.6) is 5.75 Å². The number of aliphatic hydroxyl groups excluding tert-OH is 1. The molecule has 2 aromatic rings. The quantitative estimate of drug-likeness (QED) is 0.904. The normalized spacial score (nSPS) is 12.2. The summed E-state index contributed by atoms with van der Waals surface area (Å²) in [5, 5.41) is 9.60. The Balaban J connectivity index is 2.13. The van der Waals surface area contributed by atoms with Gasteiger partial charge in [-0.3, -0.25) is 0 Å². The summed E-state index contributed by atoms with van der Waals surface area (Å²) in [6.07, 6.45) is -0.514. The third-order valence-corrected chi connectivity index (χ3v) is 3.52. The van der Waals surface area contributed by atoms with Gasteiger partial charge in [-0.25, -0.2) is 4.39 Å². The van der Waals surface area contributed by atoms with Crippen LogP contribution in [0.15, 0.2) is 36.4 Å². The second-order valence-corrected chi connectivity index (χ2v) is 5.08. The molecular formula is C16H16ClFO2. The van der Waals surface area contributed by atoms with E-state index in [4.69, 9.17) is 16.3 Å². The highest BCUT2D eigenvalue weighted by atomic mass is 35.5. The molecule has 2 nitrogen and oxygen atoms in total.